The van der Waals surface area contributed by atoms with Crippen LogP contribution >= 0.6 is 0 Å². The van der Waals surface area contributed by atoms with Gasteiger partial charge in [0.15, 0.2) is 0 Å². The lowest BCUT2D eigenvalue weighted by molar-refractivity contribution is -0.138. The first-order chi connectivity index (χ1) is 10.9. The maximum atomic E-state index is 12.1. The molecule has 23 heavy (non-hydrogen) atoms. The number of aryl methyl sites for hydroxylation is 1. The predicted molar refractivity (Wildman–Crippen MR) is 84.3 cm³/mol. The number of nitrogens with zero attached hydrogens (tertiary/aromatic N) is 1. The van der Waals surface area contributed by atoms with Crippen LogP contribution in [0.1, 0.15) is 54.5 Å². The van der Waals surface area contributed by atoms with Crippen molar-refractivity contribution in [1.29, 1.82) is 0 Å². The topological polar surface area (TPSA) is 80.0 Å². The monoisotopic (exact) mass is 323 g/mol. The SMILES string of the molecule is Cc1oc(CN(C)C(=O)COC2CCCC(C)C2)cc1C(=O)O. The van der Waals surface area contributed by atoms with Gasteiger partial charge in [0.05, 0.1) is 12.6 Å². The van der Waals surface area contributed by atoms with E-state index in [1.165, 1.54) is 17.4 Å². The average molecular weight is 323 g/mol. The molecule has 1 aromatic heterocycles. The van der Waals surface area contributed by atoms with Crippen LogP contribution in [0.4, 0.5) is 0 Å². The van der Waals surface area contributed by atoms with E-state index in [9.17, 15) is 9.59 Å². The van der Waals surface area contributed by atoms with E-state index in [2.05, 4.69) is 6.92 Å². The average Bonchev–Trinajstić information content (AvgIpc) is 2.85. The molecule has 0 radical (unpaired) electrons. The summed E-state index contributed by atoms with van der Waals surface area (Å²) in [4.78, 5) is 24.6. The lowest BCUT2D eigenvalue weighted by atomic mass is 9.89. The van der Waals surface area contributed by atoms with Crippen LogP contribution in [0.3, 0.4) is 0 Å². The van der Waals surface area contributed by atoms with Crippen molar-refractivity contribution in [2.75, 3.05) is 13.7 Å². The molecule has 2 atom stereocenters. The third kappa shape index (κ3) is 4.82. The minimum atomic E-state index is -1.03. The van der Waals surface area contributed by atoms with Crippen LogP contribution in [0, 0.1) is 12.8 Å². The van der Waals surface area contributed by atoms with Gasteiger partial charge in [0.25, 0.3) is 0 Å². The van der Waals surface area contributed by atoms with Crippen LogP contribution in [0.2, 0.25) is 0 Å². The number of carboxylic acids is 1. The number of carboxylic acid groups (broad SMARTS) is 1. The highest BCUT2D eigenvalue weighted by molar-refractivity contribution is 5.88. The fourth-order valence-corrected chi connectivity index (χ4v) is 2.99. The Kier molecular flexibility index (Phi) is 5.82. The maximum Gasteiger partial charge on any atom is 0.339 e. The van der Waals surface area contributed by atoms with Crippen molar-refractivity contribution in [3.05, 3.63) is 23.2 Å². The Morgan fingerprint density at radius 3 is 2.78 bits per heavy atom. The Hall–Kier alpha value is -1.82. The van der Waals surface area contributed by atoms with Crippen molar-refractivity contribution in [2.24, 2.45) is 5.92 Å². The number of hydrogen-bond acceptors (Lipinski definition) is 4. The van der Waals surface area contributed by atoms with E-state index in [4.69, 9.17) is 14.3 Å². The van der Waals surface area contributed by atoms with Crippen molar-refractivity contribution in [3.63, 3.8) is 0 Å². The van der Waals surface area contributed by atoms with E-state index in [0.717, 1.165) is 19.3 Å². The lowest BCUT2D eigenvalue weighted by Gasteiger charge is -2.27. The van der Waals surface area contributed by atoms with Crippen molar-refractivity contribution < 1.29 is 23.8 Å². The molecule has 1 amide bonds. The Bertz CT molecular complexity index is 565. The number of carbonyl (C=O) groups is 2. The van der Waals surface area contributed by atoms with Gasteiger partial charge in [0, 0.05) is 7.05 Å². The second-order valence-corrected chi connectivity index (χ2v) is 6.44. The molecule has 0 saturated heterocycles. The number of carbonyl (C=O) groups excluding carboxylic acids is 1. The molecular weight excluding hydrogens is 298 g/mol. The van der Waals surface area contributed by atoms with Crippen molar-refractivity contribution in [3.8, 4) is 0 Å². The van der Waals surface area contributed by atoms with Crippen LogP contribution in [0.5, 0.6) is 0 Å². The molecule has 1 fully saturated rings. The number of likely N-dealkylation sites (N-methyl/N-ethyl adjacent to an activating group) is 1. The summed E-state index contributed by atoms with van der Waals surface area (Å²) in [6.07, 6.45) is 4.58. The number of ether oxygens (including phenoxy) is 1. The summed E-state index contributed by atoms with van der Waals surface area (Å²) in [6, 6.07) is 1.46. The molecule has 128 valence electrons. The highest BCUT2D eigenvalue weighted by Crippen LogP contribution is 2.25. The summed E-state index contributed by atoms with van der Waals surface area (Å²) < 4.78 is 11.1. The fourth-order valence-electron chi connectivity index (χ4n) is 2.99. The first kappa shape index (κ1) is 17.5. The van der Waals surface area contributed by atoms with Crippen LogP contribution in [-0.4, -0.2) is 41.6 Å². The largest absolute Gasteiger partial charge is 0.478 e. The van der Waals surface area contributed by atoms with E-state index in [1.54, 1.807) is 14.0 Å². The van der Waals surface area contributed by atoms with E-state index in [1.807, 2.05) is 0 Å². The zero-order valence-corrected chi connectivity index (χ0v) is 14.0. The molecule has 1 saturated carbocycles. The van der Waals surface area contributed by atoms with E-state index >= 15 is 0 Å². The Morgan fingerprint density at radius 2 is 2.17 bits per heavy atom. The number of amides is 1. The Labute approximate surface area is 136 Å². The Balaban J connectivity index is 1.82. The minimum absolute atomic E-state index is 0.0549. The molecule has 2 unspecified atom stereocenters. The molecule has 6 heteroatoms. The third-order valence-corrected chi connectivity index (χ3v) is 4.35. The summed E-state index contributed by atoms with van der Waals surface area (Å²) in [5.41, 5.74) is 0.133. The quantitative estimate of drug-likeness (QED) is 0.870. The van der Waals surface area contributed by atoms with Crippen molar-refractivity contribution in [2.45, 2.75) is 52.2 Å². The maximum absolute atomic E-state index is 12.1. The lowest BCUT2D eigenvalue weighted by Crippen LogP contribution is -2.32. The highest BCUT2D eigenvalue weighted by atomic mass is 16.5. The van der Waals surface area contributed by atoms with Crippen LogP contribution in [0.25, 0.3) is 0 Å². The zero-order valence-electron chi connectivity index (χ0n) is 14.0. The molecule has 0 aromatic carbocycles. The van der Waals surface area contributed by atoms with Gasteiger partial charge in [-0.25, -0.2) is 4.79 Å². The number of furan rings is 1. The predicted octanol–water partition coefficient (Wildman–Crippen LogP) is 2.84. The number of rotatable bonds is 6. The number of hydrogen-bond donors (Lipinski definition) is 1. The van der Waals surface area contributed by atoms with Gasteiger partial charge in [-0.3, -0.25) is 4.79 Å². The Morgan fingerprint density at radius 1 is 1.43 bits per heavy atom. The standard InChI is InChI=1S/C17H25NO5/c1-11-5-4-6-13(7-11)22-10-16(19)18(3)9-14-8-15(17(20)21)12(2)23-14/h8,11,13H,4-7,9-10H2,1-3H3,(H,20,21). The third-order valence-electron chi connectivity index (χ3n) is 4.35. The van der Waals surface area contributed by atoms with Gasteiger partial charge in [-0.2, -0.15) is 0 Å². The highest BCUT2D eigenvalue weighted by Gasteiger charge is 2.22. The summed E-state index contributed by atoms with van der Waals surface area (Å²) >= 11 is 0. The fraction of sp³-hybridized carbons (Fsp3) is 0.647. The molecule has 1 N–H and O–H groups in total. The van der Waals surface area contributed by atoms with Crippen molar-refractivity contribution >= 4 is 11.9 Å². The first-order valence-corrected chi connectivity index (χ1v) is 8.05. The molecule has 1 aliphatic carbocycles. The van der Waals surface area contributed by atoms with Gasteiger partial charge >= 0.3 is 5.97 Å². The van der Waals surface area contributed by atoms with Crippen LogP contribution < -0.4 is 0 Å². The van der Waals surface area contributed by atoms with E-state index in [0.29, 0.717) is 17.4 Å². The van der Waals surface area contributed by atoms with Crippen molar-refractivity contribution in [1.82, 2.24) is 4.90 Å². The van der Waals surface area contributed by atoms with Gasteiger partial charge in [0.1, 0.15) is 23.7 Å². The minimum Gasteiger partial charge on any atom is -0.478 e. The summed E-state index contributed by atoms with van der Waals surface area (Å²) in [5, 5.41) is 9.01. The molecule has 2 rings (SSSR count). The first-order valence-electron chi connectivity index (χ1n) is 8.05. The molecule has 0 aliphatic heterocycles. The van der Waals surface area contributed by atoms with E-state index in [-0.39, 0.29) is 30.7 Å². The summed E-state index contributed by atoms with van der Waals surface area (Å²) in [7, 11) is 1.66. The molecule has 0 bridgehead atoms. The molecule has 0 spiro atoms. The van der Waals surface area contributed by atoms with Gasteiger partial charge in [-0.1, -0.05) is 19.8 Å². The molecular formula is C17H25NO5. The molecule has 1 aromatic rings. The summed E-state index contributed by atoms with van der Waals surface area (Å²) in [6.45, 7) is 4.10. The van der Waals surface area contributed by atoms with Gasteiger partial charge in [-0.15, -0.1) is 0 Å². The molecule has 1 heterocycles. The van der Waals surface area contributed by atoms with Gasteiger partial charge in [-0.05, 0) is 31.7 Å². The molecule has 1 aliphatic rings. The zero-order chi connectivity index (χ0) is 17.0. The van der Waals surface area contributed by atoms with Gasteiger partial charge < -0.3 is 19.2 Å². The second kappa shape index (κ2) is 7.64. The van der Waals surface area contributed by atoms with E-state index < -0.39 is 5.97 Å². The number of aromatic carboxylic acids is 1. The normalized spacial score (nSPS) is 21.2. The smallest absolute Gasteiger partial charge is 0.339 e. The van der Waals surface area contributed by atoms with Crippen LogP contribution in [0.15, 0.2) is 10.5 Å². The summed E-state index contributed by atoms with van der Waals surface area (Å²) in [5.74, 6) is 0.306. The van der Waals surface area contributed by atoms with Gasteiger partial charge in [0.2, 0.25) is 5.91 Å². The molecule has 6 nitrogen and oxygen atoms in total. The second-order valence-electron chi connectivity index (χ2n) is 6.44. The van der Waals surface area contributed by atoms with Crippen LogP contribution in [-0.2, 0) is 16.1 Å².